The molecule has 0 aromatic rings. The first kappa shape index (κ1) is 13.5. The monoisotopic (exact) mass is 194 g/mol. The van der Waals surface area contributed by atoms with Gasteiger partial charge in [0.15, 0.2) is 0 Å². The minimum absolute atomic E-state index is 0. The van der Waals surface area contributed by atoms with Gasteiger partial charge in [-0.15, -0.1) is 0 Å². The third-order valence-electron chi connectivity index (χ3n) is 0.818. The maximum absolute atomic E-state index is 8.75. The standard InChI is InChI=1S/C4H10O2S2.Ca/c5-3(1-7)4(6)2-8;/h3-8H,1-2H2;/t3-,4-;/m1./s1. The van der Waals surface area contributed by atoms with Crippen molar-refractivity contribution in [2.45, 2.75) is 12.2 Å². The van der Waals surface area contributed by atoms with Crippen LogP contribution in [0.1, 0.15) is 0 Å². The molecule has 0 unspecified atom stereocenters. The van der Waals surface area contributed by atoms with Crippen molar-refractivity contribution < 1.29 is 10.2 Å². The van der Waals surface area contributed by atoms with Crippen molar-refractivity contribution in [2.75, 3.05) is 11.5 Å². The van der Waals surface area contributed by atoms with Crippen LogP contribution in [0.25, 0.3) is 0 Å². The predicted molar refractivity (Wildman–Crippen MR) is 45.5 cm³/mol. The molecule has 0 saturated carbocycles. The Morgan fingerprint density at radius 1 is 1.00 bits per heavy atom. The summed E-state index contributed by atoms with van der Waals surface area (Å²) in [4.78, 5) is 0. The van der Waals surface area contributed by atoms with Crippen LogP contribution in [0.15, 0.2) is 0 Å². The maximum Gasteiger partial charge on any atom is 0.0894 e. The minimum Gasteiger partial charge on any atom is -0.390 e. The molecule has 2 N–H and O–H groups in total. The number of rotatable bonds is 3. The zero-order valence-corrected chi connectivity index (χ0v) is 9.06. The Bertz CT molecular complexity index is 56.5. The van der Waals surface area contributed by atoms with E-state index in [4.69, 9.17) is 10.2 Å². The van der Waals surface area contributed by atoms with Crippen LogP contribution in [0.2, 0.25) is 0 Å². The van der Waals surface area contributed by atoms with Crippen molar-refractivity contribution in [1.82, 2.24) is 0 Å². The van der Waals surface area contributed by atoms with Crippen molar-refractivity contribution in [1.29, 1.82) is 0 Å². The van der Waals surface area contributed by atoms with E-state index in [0.29, 0.717) is 0 Å². The second-order valence-electron chi connectivity index (χ2n) is 1.50. The van der Waals surface area contributed by atoms with Gasteiger partial charge in [-0.25, -0.2) is 0 Å². The molecule has 0 fully saturated rings. The second-order valence-corrected chi connectivity index (χ2v) is 2.23. The van der Waals surface area contributed by atoms with E-state index in [1.165, 1.54) is 0 Å². The molecule has 0 spiro atoms. The summed E-state index contributed by atoms with van der Waals surface area (Å²) in [5.74, 6) is 0.559. The molecular formula is C4H10CaO2S2. The van der Waals surface area contributed by atoms with Gasteiger partial charge in [-0.2, -0.15) is 25.3 Å². The zero-order valence-electron chi connectivity index (χ0n) is 5.06. The molecule has 5 heteroatoms. The average molecular weight is 194 g/mol. The summed E-state index contributed by atoms with van der Waals surface area (Å²) in [5, 5.41) is 17.5. The van der Waals surface area contributed by atoms with E-state index in [1.807, 2.05) is 0 Å². The Balaban J connectivity index is 0. The molecule has 0 aliphatic carbocycles. The Labute approximate surface area is 95.8 Å². The summed E-state index contributed by atoms with van der Waals surface area (Å²) in [6.45, 7) is 0. The van der Waals surface area contributed by atoms with E-state index in [1.54, 1.807) is 0 Å². The van der Waals surface area contributed by atoms with Gasteiger partial charge in [0.05, 0.1) is 12.2 Å². The van der Waals surface area contributed by atoms with Gasteiger partial charge in [-0.1, -0.05) is 0 Å². The van der Waals surface area contributed by atoms with Crippen LogP contribution in [0.3, 0.4) is 0 Å². The summed E-state index contributed by atoms with van der Waals surface area (Å²) in [7, 11) is 0. The van der Waals surface area contributed by atoms with Gasteiger partial charge in [0.1, 0.15) is 0 Å². The van der Waals surface area contributed by atoms with Crippen molar-refractivity contribution in [2.24, 2.45) is 0 Å². The summed E-state index contributed by atoms with van der Waals surface area (Å²) in [6, 6.07) is 0. The quantitative estimate of drug-likeness (QED) is 0.350. The number of thiol groups is 2. The van der Waals surface area contributed by atoms with Crippen LogP contribution >= 0.6 is 25.3 Å². The molecule has 0 amide bonds. The Kier molecular flexibility index (Phi) is 11.9. The maximum atomic E-state index is 8.75. The molecule has 0 bridgehead atoms. The molecule has 52 valence electrons. The molecule has 0 heterocycles. The fourth-order valence-electron chi connectivity index (χ4n) is 0.243. The first-order valence-electron chi connectivity index (χ1n) is 2.30. The first-order valence-corrected chi connectivity index (χ1v) is 3.56. The third-order valence-corrected chi connectivity index (χ3v) is 1.57. The fraction of sp³-hybridized carbons (Fsp3) is 1.00. The minimum atomic E-state index is -0.740. The van der Waals surface area contributed by atoms with Crippen molar-refractivity contribution in [3.63, 3.8) is 0 Å². The summed E-state index contributed by atoms with van der Waals surface area (Å²) >= 11 is 7.53. The smallest absolute Gasteiger partial charge is 0.0894 e. The van der Waals surface area contributed by atoms with E-state index in [-0.39, 0.29) is 49.2 Å². The number of aliphatic hydroxyl groups excluding tert-OH is 2. The fourth-order valence-corrected chi connectivity index (χ4v) is 0.730. The number of hydrogen-bond donors (Lipinski definition) is 4. The number of aliphatic hydroxyl groups is 2. The van der Waals surface area contributed by atoms with Gasteiger partial charge in [0.25, 0.3) is 0 Å². The van der Waals surface area contributed by atoms with Crippen LogP contribution in [0.5, 0.6) is 0 Å². The number of hydrogen-bond acceptors (Lipinski definition) is 4. The molecule has 0 saturated heterocycles. The van der Waals surface area contributed by atoms with Crippen LogP contribution in [-0.2, 0) is 0 Å². The van der Waals surface area contributed by atoms with Gasteiger partial charge in [0.2, 0.25) is 0 Å². The van der Waals surface area contributed by atoms with Gasteiger partial charge < -0.3 is 10.2 Å². The first-order chi connectivity index (χ1) is 3.72. The Hall–Kier alpha value is 1.88. The second kappa shape index (κ2) is 7.98. The van der Waals surface area contributed by atoms with E-state index >= 15 is 0 Å². The molecule has 2 nitrogen and oxygen atoms in total. The van der Waals surface area contributed by atoms with Gasteiger partial charge in [0, 0.05) is 49.2 Å². The SMILES string of the molecule is O[C@H](CS)[C@H](O)CS.[Ca]. The Morgan fingerprint density at radius 3 is 1.33 bits per heavy atom. The van der Waals surface area contributed by atoms with E-state index < -0.39 is 12.2 Å². The molecule has 2 radical (unpaired) electrons. The van der Waals surface area contributed by atoms with Crippen LogP contribution < -0.4 is 0 Å². The van der Waals surface area contributed by atoms with E-state index in [2.05, 4.69) is 25.3 Å². The summed E-state index contributed by atoms with van der Waals surface area (Å²) in [6.07, 6.45) is -1.48. The third kappa shape index (κ3) is 6.28. The molecular weight excluding hydrogens is 184 g/mol. The van der Waals surface area contributed by atoms with Gasteiger partial charge in [-0.3, -0.25) is 0 Å². The summed E-state index contributed by atoms with van der Waals surface area (Å²) < 4.78 is 0. The largest absolute Gasteiger partial charge is 0.390 e. The van der Waals surface area contributed by atoms with Crippen molar-refractivity contribution in [3.05, 3.63) is 0 Å². The topological polar surface area (TPSA) is 40.5 Å². The molecule has 0 rings (SSSR count). The zero-order chi connectivity index (χ0) is 6.57. The Morgan fingerprint density at radius 2 is 1.22 bits per heavy atom. The van der Waals surface area contributed by atoms with E-state index in [0.717, 1.165) is 0 Å². The van der Waals surface area contributed by atoms with Crippen molar-refractivity contribution in [3.8, 4) is 0 Å². The molecule has 9 heavy (non-hydrogen) atoms. The van der Waals surface area contributed by atoms with Crippen molar-refractivity contribution >= 4 is 63.0 Å². The van der Waals surface area contributed by atoms with Crippen LogP contribution in [0, 0.1) is 0 Å². The molecule has 0 aliphatic heterocycles. The van der Waals surface area contributed by atoms with Crippen LogP contribution in [-0.4, -0.2) is 71.7 Å². The summed E-state index contributed by atoms with van der Waals surface area (Å²) in [5.41, 5.74) is 0. The predicted octanol–water partition coefficient (Wildman–Crippen LogP) is -0.813. The molecule has 0 aliphatic rings. The molecule has 0 aromatic carbocycles. The van der Waals surface area contributed by atoms with E-state index in [9.17, 15) is 0 Å². The molecule has 2 atom stereocenters. The molecule has 0 aromatic heterocycles. The van der Waals surface area contributed by atoms with Gasteiger partial charge >= 0.3 is 0 Å². The van der Waals surface area contributed by atoms with Crippen LogP contribution in [0.4, 0.5) is 0 Å². The van der Waals surface area contributed by atoms with Gasteiger partial charge in [-0.05, 0) is 0 Å². The normalized spacial score (nSPS) is 16.0. The average Bonchev–Trinajstić information content (AvgIpc) is 1.84.